The van der Waals surface area contributed by atoms with E-state index in [9.17, 15) is 15.0 Å². The van der Waals surface area contributed by atoms with E-state index in [1.807, 2.05) is 0 Å². The first-order valence-electron chi connectivity index (χ1n) is 8.32. The topological polar surface area (TPSA) is 79.9 Å². The second-order valence-corrected chi connectivity index (χ2v) is 6.35. The van der Waals surface area contributed by atoms with Crippen LogP contribution >= 0.6 is 0 Å². The normalized spacial score (nSPS) is 15.4. The smallest absolute Gasteiger partial charge is 0.227 e. The van der Waals surface area contributed by atoms with Crippen LogP contribution in [0.15, 0.2) is 33.5 Å². The standard InChI is InChI=1S/C19H22O5/c1-23-17-10-13(7-8-15(17)20)19-18(22)16(21)11-14(24-19)9-12-5-3-2-4-6-12/h7-8,10-12,20,22H,2-6,9H2,1H3. The molecule has 1 aliphatic carbocycles. The molecule has 0 aliphatic heterocycles. The molecule has 0 spiro atoms. The van der Waals surface area contributed by atoms with Crippen molar-refractivity contribution in [2.45, 2.75) is 38.5 Å². The SMILES string of the molecule is COc1cc(-c2oc(CC3CCCCC3)cc(=O)c2O)ccc1O. The zero-order chi connectivity index (χ0) is 17.1. The van der Waals surface area contributed by atoms with Gasteiger partial charge >= 0.3 is 0 Å². The maximum absolute atomic E-state index is 12.1. The van der Waals surface area contributed by atoms with Crippen LogP contribution in [0.1, 0.15) is 37.9 Å². The summed E-state index contributed by atoms with van der Waals surface area (Å²) in [6.45, 7) is 0. The summed E-state index contributed by atoms with van der Waals surface area (Å²) in [6, 6.07) is 5.95. The predicted octanol–water partition coefficient (Wildman–Crippen LogP) is 3.85. The Morgan fingerprint density at radius 1 is 1.17 bits per heavy atom. The number of hydrogen-bond donors (Lipinski definition) is 2. The molecule has 1 aromatic carbocycles. The molecule has 1 aliphatic rings. The average Bonchev–Trinajstić information content (AvgIpc) is 2.59. The van der Waals surface area contributed by atoms with E-state index in [2.05, 4.69) is 0 Å². The summed E-state index contributed by atoms with van der Waals surface area (Å²) in [5, 5.41) is 19.8. The quantitative estimate of drug-likeness (QED) is 0.890. The first kappa shape index (κ1) is 16.4. The lowest BCUT2D eigenvalue weighted by Crippen LogP contribution is -2.11. The Kier molecular flexibility index (Phi) is 4.79. The fraction of sp³-hybridized carbons (Fsp3) is 0.421. The van der Waals surface area contributed by atoms with Crippen LogP contribution in [0.5, 0.6) is 17.2 Å². The number of methoxy groups -OCH3 is 1. The molecule has 5 heteroatoms. The zero-order valence-electron chi connectivity index (χ0n) is 13.7. The molecule has 2 aromatic rings. The van der Waals surface area contributed by atoms with Crippen LogP contribution in [0, 0.1) is 5.92 Å². The molecule has 5 nitrogen and oxygen atoms in total. The van der Waals surface area contributed by atoms with Gasteiger partial charge in [-0.2, -0.15) is 0 Å². The van der Waals surface area contributed by atoms with Gasteiger partial charge in [-0.05, 0) is 24.1 Å². The third-order valence-electron chi connectivity index (χ3n) is 4.63. The molecule has 0 atom stereocenters. The van der Waals surface area contributed by atoms with E-state index < -0.39 is 11.2 Å². The molecule has 0 saturated heterocycles. The van der Waals surface area contributed by atoms with Crippen molar-refractivity contribution in [1.82, 2.24) is 0 Å². The third-order valence-corrected chi connectivity index (χ3v) is 4.63. The van der Waals surface area contributed by atoms with E-state index in [-0.39, 0.29) is 17.3 Å². The monoisotopic (exact) mass is 330 g/mol. The Morgan fingerprint density at radius 3 is 2.62 bits per heavy atom. The Labute approximate surface area is 140 Å². The summed E-state index contributed by atoms with van der Waals surface area (Å²) in [5.74, 6) is 1.05. The zero-order valence-corrected chi connectivity index (χ0v) is 13.7. The van der Waals surface area contributed by atoms with Crippen molar-refractivity contribution in [3.8, 4) is 28.6 Å². The predicted molar refractivity (Wildman–Crippen MR) is 90.6 cm³/mol. The van der Waals surface area contributed by atoms with E-state index in [0.717, 1.165) is 12.8 Å². The second-order valence-electron chi connectivity index (χ2n) is 6.35. The molecule has 1 heterocycles. The largest absolute Gasteiger partial charge is 0.504 e. The lowest BCUT2D eigenvalue weighted by Gasteiger charge is -2.21. The van der Waals surface area contributed by atoms with Crippen molar-refractivity contribution in [1.29, 1.82) is 0 Å². The molecule has 0 bridgehead atoms. The summed E-state index contributed by atoms with van der Waals surface area (Å²) < 4.78 is 10.9. The number of phenolic OH excluding ortho intramolecular Hbond substituents is 1. The Balaban J connectivity index is 1.96. The van der Waals surface area contributed by atoms with Crippen LogP contribution in [0.3, 0.4) is 0 Å². The fourth-order valence-corrected chi connectivity index (χ4v) is 3.33. The Bertz CT molecular complexity index is 772. The van der Waals surface area contributed by atoms with Crippen LogP contribution in [0.2, 0.25) is 0 Å². The molecule has 3 rings (SSSR count). The van der Waals surface area contributed by atoms with Gasteiger partial charge in [0.2, 0.25) is 11.2 Å². The first-order valence-corrected chi connectivity index (χ1v) is 8.32. The highest BCUT2D eigenvalue weighted by Crippen LogP contribution is 2.35. The molecule has 1 saturated carbocycles. The lowest BCUT2D eigenvalue weighted by molar-refractivity contribution is 0.328. The lowest BCUT2D eigenvalue weighted by atomic mass is 9.86. The molecular formula is C19H22O5. The van der Waals surface area contributed by atoms with Crippen LogP contribution in [-0.4, -0.2) is 17.3 Å². The molecule has 0 unspecified atom stereocenters. The molecular weight excluding hydrogens is 308 g/mol. The maximum Gasteiger partial charge on any atom is 0.227 e. The molecule has 0 radical (unpaired) electrons. The van der Waals surface area contributed by atoms with E-state index in [4.69, 9.17) is 9.15 Å². The maximum atomic E-state index is 12.1. The van der Waals surface area contributed by atoms with Crippen molar-refractivity contribution in [3.63, 3.8) is 0 Å². The number of hydrogen-bond acceptors (Lipinski definition) is 5. The molecule has 128 valence electrons. The molecule has 24 heavy (non-hydrogen) atoms. The molecule has 2 N–H and O–H groups in total. The van der Waals surface area contributed by atoms with Gasteiger partial charge in [0.1, 0.15) is 5.76 Å². The summed E-state index contributed by atoms with van der Waals surface area (Å²) in [5.41, 5.74) is 0.0406. The second kappa shape index (κ2) is 6.99. The third kappa shape index (κ3) is 3.40. The minimum absolute atomic E-state index is 0.0125. The number of benzene rings is 1. The first-order chi connectivity index (χ1) is 11.6. The van der Waals surface area contributed by atoms with Gasteiger partial charge in [-0.1, -0.05) is 32.1 Å². The van der Waals surface area contributed by atoms with Crippen molar-refractivity contribution in [2.24, 2.45) is 5.92 Å². The van der Waals surface area contributed by atoms with Crippen molar-refractivity contribution in [3.05, 3.63) is 40.2 Å². The minimum Gasteiger partial charge on any atom is -0.504 e. The summed E-state index contributed by atoms with van der Waals surface area (Å²) in [4.78, 5) is 12.1. The summed E-state index contributed by atoms with van der Waals surface area (Å²) in [6.07, 6.45) is 6.70. The van der Waals surface area contributed by atoms with Crippen LogP contribution in [0.4, 0.5) is 0 Å². The van der Waals surface area contributed by atoms with Gasteiger partial charge in [0.25, 0.3) is 0 Å². The highest BCUT2D eigenvalue weighted by molar-refractivity contribution is 5.67. The highest BCUT2D eigenvalue weighted by Gasteiger charge is 2.19. The van der Waals surface area contributed by atoms with Crippen molar-refractivity contribution < 1.29 is 19.4 Å². The van der Waals surface area contributed by atoms with Crippen LogP contribution in [-0.2, 0) is 6.42 Å². The van der Waals surface area contributed by atoms with Crippen molar-refractivity contribution in [2.75, 3.05) is 7.11 Å². The average molecular weight is 330 g/mol. The van der Waals surface area contributed by atoms with E-state index in [1.54, 1.807) is 6.07 Å². The van der Waals surface area contributed by atoms with E-state index in [1.165, 1.54) is 44.6 Å². The Morgan fingerprint density at radius 2 is 1.92 bits per heavy atom. The van der Waals surface area contributed by atoms with Gasteiger partial charge in [0.05, 0.1) is 7.11 Å². The molecule has 1 fully saturated rings. The molecule has 1 aromatic heterocycles. The van der Waals surface area contributed by atoms with Gasteiger partial charge in [-0.3, -0.25) is 4.79 Å². The van der Waals surface area contributed by atoms with Gasteiger partial charge in [-0.25, -0.2) is 0 Å². The van der Waals surface area contributed by atoms with E-state index >= 15 is 0 Å². The van der Waals surface area contributed by atoms with Gasteiger partial charge in [0, 0.05) is 18.1 Å². The Hall–Kier alpha value is -2.43. The summed E-state index contributed by atoms with van der Waals surface area (Å²) >= 11 is 0. The van der Waals surface area contributed by atoms with Gasteiger partial charge < -0.3 is 19.4 Å². The highest BCUT2D eigenvalue weighted by atomic mass is 16.5. The van der Waals surface area contributed by atoms with Crippen LogP contribution < -0.4 is 10.2 Å². The number of ether oxygens (including phenoxy) is 1. The fourth-order valence-electron chi connectivity index (χ4n) is 3.33. The van der Waals surface area contributed by atoms with Gasteiger partial charge in [0.15, 0.2) is 17.3 Å². The van der Waals surface area contributed by atoms with E-state index in [0.29, 0.717) is 23.7 Å². The minimum atomic E-state index is -0.450. The number of rotatable bonds is 4. The van der Waals surface area contributed by atoms with Gasteiger partial charge in [-0.15, -0.1) is 0 Å². The molecule has 0 amide bonds. The van der Waals surface area contributed by atoms with Crippen LogP contribution in [0.25, 0.3) is 11.3 Å². The summed E-state index contributed by atoms with van der Waals surface area (Å²) in [7, 11) is 1.44. The number of phenols is 1. The van der Waals surface area contributed by atoms with Crippen molar-refractivity contribution >= 4 is 0 Å². The number of aromatic hydroxyl groups is 2.